The van der Waals surface area contributed by atoms with Crippen molar-refractivity contribution in [1.82, 2.24) is 0 Å². The average molecular weight is 445 g/mol. The van der Waals surface area contributed by atoms with E-state index in [1.165, 1.54) is 10.5 Å². The molecule has 162 valence electrons. The van der Waals surface area contributed by atoms with Crippen molar-refractivity contribution in [3.8, 4) is 0 Å². The van der Waals surface area contributed by atoms with Crippen LogP contribution in [0, 0.1) is 0 Å². The number of aryl methyl sites for hydroxylation is 1. The SMILES string of the molecule is CCc1ccc(NC2=C(c3ccc(Cl)cc3)C(=O)N(c3ccc(C(C)C)cc3)C2=O)cc1. The molecule has 0 fully saturated rings. The molecule has 0 saturated heterocycles. The number of carbonyl (C=O) groups excluding carboxylic acids is 2. The maximum atomic E-state index is 13.5. The van der Waals surface area contributed by atoms with Crippen molar-refractivity contribution >= 4 is 40.4 Å². The summed E-state index contributed by atoms with van der Waals surface area (Å²) in [6, 6.07) is 22.4. The summed E-state index contributed by atoms with van der Waals surface area (Å²) in [6.07, 6.45) is 0.927. The number of halogens is 1. The molecule has 4 rings (SSSR count). The molecule has 0 atom stereocenters. The molecule has 0 aromatic heterocycles. The van der Waals surface area contributed by atoms with Gasteiger partial charge in [-0.25, -0.2) is 4.90 Å². The van der Waals surface area contributed by atoms with Gasteiger partial charge in [-0.3, -0.25) is 9.59 Å². The van der Waals surface area contributed by atoms with E-state index in [-0.39, 0.29) is 17.5 Å². The van der Waals surface area contributed by atoms with Crippen LogP contribution < -0.4 is 10.2 Å². The molecule has 1 N–H and O–H groups in total. The summed E-state index contributed by atoms with van der Waals surface area (Å²) in [4.78, 5) is 28.2. The summed E-state index contributed by atoms with van der Waals surface area (Å²) in [5.41, 5.74) is 4.88. The highest BCUT2D eigenvalue weighted by Crippen LogP contribution is 2.34. The summed E-state index contributed by atoms with van der Waals surface area (Å²) >= 11 is 6.05. The normalized spacial score (nSPS) is 14.0. The molecule has 3 aromatic rings. The number of anilines is 2. The van der Waals surface area contributed by atoms with Crippen LogP contribution in [0.25, 0.3) is 5.57 Å². The third kappa shape index (κ3) is 4.19. The van der Waals surface area contributed by atoms with E-state index in [1.807, 2.05) is 48.5 Å². The number of rotatable bonds is 6. The molecule has 0 unspecified atom stereocenters. The molecule has 0 aliphatic carbocycles. The number of nitrogens with zero attached hydrogens (tertiary/aromatic N) is 1. The molecule has 3 aromatic carbocycles. The van der Waals surface area contributed by atoms with Crippen LogP contribution in [0.2, 0.25) is 5.02 Å². The topological polar surface area (TPSA) is 49.4 Å². The number of benzene rings is 3. The van der Waals surface area contributed by atoms with Crippen molar-refractivity contribution in [3.63, 3.8) is 0 Å². The van der Waals surface area contributed by atoms with E-state index in [1.54, 1.807) is 24.3 Å². The summed E-state index contributed by atoms with van der Waals surface area (Å²) in [5, 5.41) is 3.77. The zero-order valence-electron chi connectivity index (χ0n) is 18.4. The van der Waals surface area contributed by atoms with Crippen molar-refractivity contribution in [2.45, 2.75) is 33.1 Å². The molecule has 5 heteroatoms. The van der Waals surface area contributed by atoms with Crippen molar-refractivity contribution in [1.29, 1.82) is 0 Å². The third-order valence-corrected chi connectivity index (χ3v) is 5.92. The van der Waals surface area contributed by atoms with Gasteiger partial charge in [0.2, 0.25) is 0 Å². The van der Waals surface area contributed by atoms with Crippen LogP contribution in [0.1, 0.15) is 43.4 Å². The van der Waals surface area contributed by atoms with E-state index in [9.17, 15) is 9.59 Å². The zero-order chi connectivity index (χ0) is 22.8. The summed E-state index contributed by atoms with van der Waals surface area (Å²) in [6.45, 7) is 6.30. The maximum absolute atomic E-state index is 13.5. The van der Waals surface area contributed by atoms with Gasteiger partial charge >= 0.3 is 0 Å². The second-order valence-electron chi connectivity index (χ2n) is 8.12. The lowest BCUT2D eigenvalue weighted by atomic mass is 10.0. The monoisotopic (exact) mass is 444 g/mol. The van der Waals surface area contributed by atoms with Crippen LogP contribution >= 0.6 is 11.6 Å². The Hall–Kier alpha value is -3.37. The highest BCUT2D eigenvalue weighted by atomic mass is 35.5. The van der Waals surface area contributed by atoms with E-state index >= 15 is 0 Å². The number of amides is 2. The first kappa shape index (κ1) is 21.8. The first-order valence-electron chi connectivity index (χ1n) is 10.7. The summed E-state index contributed by atoms with van der Waals surface area (Å²) in [5.74, 6) is -0.376. The van der Waals surface area contributed by atoms with Gasteiger partial charge in [-0.15, -0.1) is 0 Å². The van der Waals surface area contributed by atoms with Gasteiger partial charge in [0.15, 0.2) is 0 Å². The van der Waals surface area contributed by atoms with Gasteiger partial charge < -0.3 is 5.32 Å². The van der Waals surface area contributed by atoms with E-state index in [0.29, 0.717) is 27.8 Å². The lowest BCUT2D eigenvalue weighted by Crippen LogP contribution is -2.32. The molecule has 1 heterocycles. The van der Waals surface area contributed by atoms with E-state index in [0.717, 1.165) is 17.7 Å². The van der Waals surface area contributed by atoms with Crippen molar-refractivity contribution in [2.75, 3.05) is 10.2 Å². The molecular formula is C27H25ClN2O2. The summed E-state index contributed by atoms with van der Waals surface area (Å²) in [7, 11) is 0. The van der Waals surface area contributed by atoms with Crippen LogP contribution in [0.15, 0.2) is 78.5 Å². The lowest BCUT2D eigenvalue weighted by Gasteiger charge is -2.16. The van der Waals surface area contributed by atoms with Crippen molar-refractivity contribution in [3.05, 3.63) is 100 Å². The van der Waals surface area contributed by atoms with E-state index in [2.05, 4.69) is 26.1 Å². The molecule has 4 nitrogen and oxygen atoms in total. The largest absolute Gasteiger partial charge is 0.350 e. The van der Waals surface area contributed by atoms with Crippen molar-refractivity contribution < 1.29 is 9.59 Å². The Bertz CT molecular complexity index is 1180. The molecule has 0 spiro atoms. The molecular weight excluding hydrogens is 420 g/mol. The number of hydrogen-bond acceptors (Lipinski definition) is 3. The number of hydrogen-bond donors (Lipinski definition) is 1. The maximum Gasteiger partial charge on any atom is 0.282 e. The van der Waals surface area contributed by atoms with E-state index in [4.69, 9.17) is 11.6 Å². The zero-order valence-corrected chi connectivity index (χ0v) is 19.1. The van der Waals surface area contributed by atoms with Gasteiger partial charge in [0.05, 0.1) is 11.3 Å². The van der Waals surface area contributed by atoms with Crippen LogP contribution in [-0.2, 0) is 16.0 Å². The fourth-order valence-electron chi connectivity index (χ4n) is 3.74. The summed E-state index contributed by atoms with van der Waals surface area (Å²) < 4.78 is 0. The van der Waals surface area contributed by atoms with Crippen LogP contribution in [0.4, 0.5) is 11.4 Å². The standard InChI is InChI=1S/C27H25ClN2O2/c1-4-18-5-13-22(14-6-18)29-25-24(20-7-11-21(28)12-8-20)26(31)30(27(25)32)23-15-9-19(10-16-23)17(2)3/h5-17,29H,4H2,1-3H3. The number of imide groups is 1. The highest BCUT2D eigenvalue weighted by molar-refractivity contribution is 6.46. The van der Waals surface area contributed by atoms with Gasteiger partial charge in [0.1, 0.15) is 5.70 Å². The minimum absolute atomic E-state index is 0.259. The smallest absolute Gasteiger partial charge is 0.282 e. The number of carbonyl (C=O) groups is 2. The van der Waals surface area contributed by atoms with Crippen LogP contribution in [-0.4, -0.2) is 11.8 Å². The predicted molar refractivity (Wildman–Crippen MR) is 131 cm³/mol. The molecule has 1 aliphatic rings. The Balaban J connectivity index is 1.76. The predicted octanol–water partition coefficient (Wildman–Crippen LogP) is 6.42. The average Bonchev–Trinajstić information content (AvgIpc) is 3.04. The Morgan fingerprint density at radius 2 is 1.47 bits per heavy atom. The Labute approximate surface area is 193 Å². The molecule has 32 heavy (non-hydrogen) atoms. The molecule has 0 radical (unpaired) electrons. The second kappa shape index (κ2) is 9.01. The van der Waals surface area contributed by atoms with E-state index < -0.39 is 0 Å². The highest BCUT2D eigenvalue weighted by Gasteiger charge is 2.40. The third-order valence-electron chi connectivity index (χ3n) is 5.67. The van der Waals surface area contributed by atoms with Crippen LogP contribution in [0.3, 0.4) is 0 Å². The quantitative estimate of drug-likeness (QED) is 0.446. The minimum Gasteiger partial charge on any atom is -0.350 e. The van der Waals surface area contributed by atoms with Gasteiger partial charge in [0, 0.05) is 10.7 Å². The molecule has 1 aliphatic heterocycles. The minimum atomic E-state index is -0.378. The van der Waals surface area contributed by atoms with Crippen molar-refractivity contribution in [2.24, 2.45) is 0 Å². The Morgan fingerprint density at radius 1 is 0.844 bits per heavy atom. The van der Waals surface area contributed by atoms with Gasteiger partial charge in [0.25, 0.3) is 11.8 Å². The molecule has 0 bridgehead atoms. The fraction of sp³-hybridized carbons (Fsp3) is 0.185. The molecule has 2 amide bonds. The second-order valence-corrected chi connectivity index (χ2v) is 8.56. The fourth-order valence-corrected chi connectivity index (χ4v) is 3.87. The Morgan fingerprint density at radius 3 is 2.03 bits per heavy atom. The molecule has 0 saturated carbocycles. The van der Waals surface area contributed by atoms with Gasteiger partial charge in [-0.1, -0.05) is 68.8 Å². The van der Waals surface area contributed by atoms with Gasteiger partial charge in [-0.2, -0.15) is 0 Å². The lowest BCUT2D eigenvalue weighted by molar-refractivity contribution is -0.120. The van der Waals surface area contributed by atoms with Gasteiger partial charge in [-0.05, 0) is 65.4 Å². The van der Waals surface area contributed by atoms with Crippen LogP contribution in [0.5, 0.6) is 0 Å². The number of nitrogens with one attached hydrogen (secondary N) is 1. The first-order chi connectivity index (χ1) is 15.4. The first-order valence-corrected chi connectivity index (χ1v) is 11.1. The Kier molecular flexibility index (Phi) is 6.15.